The Morgan fingerprint density at radius 3 is 2.17 bits per heavy atom. The molecule has 2 N–H and O–H groups in total. The van der Waals surface area contributed by atoms with Gasteiger partial charge in [-0.15, -0.1) is 0 Å². The van der Waals surface area contributed by atoms with E-state index in [-0.39, 0.29) is 0 Å². The molecular weight excluding hydrogens is 150 g/mol. The van der Waals surface area contributed by atoms with Crippen LogP contribution in [0, 0.1) is 5.92 Å². The summed E-state index contributed by atoms with van der Waals surface area (Å²) in [6.07, 6.45) is 5.11. The van der Waals surface area contributed by atoms with Crippen molar-refractivity contribution in [2.45, 2.75) is 45.6 Å². The number of aliphatic hydroxyl groups excluding tert-OH is 1. The Hall–Kier alpha value is -0.0800. The van der Waals surface area contributed by atoms with Crippen molar-refractivity contribution in [3.05, 3.63) is 0 Å². The lowest BCUT2D eigenvalue weighted by Crippen LogP contribution is -2.26. The van der Waals surface area contributed by atoms with Crippen molar-refractivity contribution in [2.75, 3.05) is 13.7 Å². The van der Waals surface area contributed by atoms with E-state index in [0.29, 0.717) is 6.61 Å². The van der Waals surface area contributed by atoms with Gasteiger partial charge in [0.05, 0.1) is 0 Å². The molecular formula is C10H23NO. The van der Waals surface area contributed by atoms with Crippen LogP contribution in [0.1, 0.15) is 39.5 Å². The number of aliphatic hydroxyl groups is 1. The summed E-state index contributed by atoms with van der Waals surface area (Å²) in [5.74, 6) is 0.917. The minimum Gasteiger partial charge on any atom is -0.396 e. The number of nitrogens with one attached hydrogen (secondary N) is 1. The van der Waals surface area contributed by atoms with E-state index in [4.69, 9.17) is 5.11 Å². The van der Waals surface area contributed by atoms with E-state index in [1.165, 1.54) is 19.3 Å². The van der Waals surface area contributed by atoms with Gasteiger partial charge in [-0.1, -0.05) is 20.3 Å². The fraction of sp³-hybridized carbons (Fsp3) is 1.00. The molecule has 74 valence electrons. The molecule has 2 unspecified atom stereocenters. The van der Waals surface area contributed by atoms with Gasteiger partial charge in [0.15, 0.2) is 0 Å². The van der Waals surface area contributed by atoms with Gasteiger partial charge < -0.3 is 10.4 Å². The van der Waals surface area contributed by atoms with Gasteiger partial charge in [-0.25, -0.2) is 0 Å². The summed E-state index contributed by atoms with van der Waals surface area (Å²) < 4.78 is 0. The van der Waals surface area contributed by atoms with Crippen LogP contribution in [0.5, 0.6) is 0 Å². The summed E-state index contributed by atoms with van der Waals surface area (Å²) in [5.41, 5.74) is 0. The third-order valence-corrected chi connectivity index (χ3v) is 2.46. The SMILES string of the molecule is CCCO.CNC1CCCC1C. The van der Waals surface area contributed by atoms with Gasteiger partial charge in [0.25, 0.3) is 0 Å². The molecule has 2 nitrogen and oxygen atoms in total. The summed E-state index contributed by atoms with van der Waals surface area (Å²) in [5, 5.41) is 11.2. The molecule has 12 heavy (non-hydrogen) atoms. The average Bonchev–Trinajstić information content (AvgIpc) is 2.51. The molecule has 0 amide bonds. The Morgan fingerprint density at radius 1 is 1.42 bits per heavy atom. The first-order chi connectivity index (χ1) is 5.76. The molecule has 2 heteroatoms. The molecule has 0 aromatic heterocycles. The second-order valence-electron chi connectivity index (χ2n) is 3.53. The standard InChI is InChI=1S/C7H15N.C3H8O/c1-6-4-3-5-7(6)8-2;1-2-3-4/h6-8H,3-5H2,1-2H3;4H,2-3H2,1H3. The van der Waals surface area contributed by atoms with Crippen molar-refractivity contribution in [1.29, 1.82) is 0 Å². The predicted octanol–water partition coefficient (Wildman–Crippen LogP) is 1.78. The Morgan fingerprint density at radius 2 is 2.00 bits per heavy atom. The quantitative estimate of drug-likeness (QED) is 0.667. The van der Waals surface area contributed by atoms with Gasteiger partial charge in [-0.2, -0.15) is 0 Å². The summed E-state index contributed by atoms with van der Waals surface area (Å²) in [4.78, 5) is 0. The lowest BCUT2D eigenvalue weighted by molar-refractivity contribution is 0.295. The predicted molar refractivity (Wildman–Crippen MR) is 53.2 cm³/mol. The Balaban J connectivity index is 0.000000261. The maximum absolute atomic E-state index is 7.88. The second kappa shape index (κ2) is 7.56. The van der Waals surface area contributed by atoms with Gasteiger partial charge in [0, 0.05) is 12.6 Å². The molecule has 0 aromatic carbocycles. The van der Waals surface area contributed by atoms with Gasteiger partial charge in [0.2, 0.25) is 0 Å². The molecule has 1 fully saturated rings. The maximum Gasteiger partial charge on any atom is 0.0428 e. The first-order valence-electron chi connectivity index (χ1n) is 5.04. The molecule has 0 saturated heterocycles. The van der Waals surface area contributed by atoms with Crippen LogP contribution >= 0.6 is 0 Å². The molecule has 0 aliphatic heterocycles. The van der Waals surface area contributed by atoms with Crippen LogP contribution in [0.2, 0.25) is 0 Å². The van der Waals surface area contributed by atoms with Crippen molar-refractivity contribution < 1.29 is 5.11 Å². The molecule has 0 radical (unpaired) electrons. The zero-order valence-corrected chi connectivity index (χ0v) is 8.64. The maximum atomic E-state index is 7.88. The van der Waals surface area contributed by atoms with Gasteiger partial charge in [-0.05, 0) is 32.2 Å². The van der Waals surface area contributed by atoms with E-state index in [9.17, 15) is 0 Å². The average molecular weight is 173 g/mol. The van der Waals surface area contributed by atoms with Crippen LogP contribution in [-0.4, -0.2) is 24.8 Å². The molecule has 0 bridgehead atoms. The Kier molecular flexibility index (Phi) is 7.51. The van der Waals surface area contributed by atoms with Crippen LogP contribution in [0.4, 0.5) is 0 Å². The van der Waals surface area contributed by atoms with E-state index < -0.39 is 0 Å². The summed E-state index contributed by atoms with van der Waals surface area (Å²) in [6, 6.07) is 0.815. The van der Waals surface area contributed by atoms with E-state index >= 15 is 0 Å². The van der Waals surface area contributed by atoms with Crippen molar-refractivity contribution in [3.63, 3.8) is 0 Å². The van der Waals surface area contributed by atoms with E-state index in [2.05, 4.69) is 19.3 Å². The summed E-state index contributed by atoms with van der Waals surface area (Å²) in [7, 11) is 2.06. The van der Waals surface area contributed by atoms with Crippen LogP contribution in [0.25, 0.3) is 0 Å². The van der Waals surface area contributed by atoms with Crippen LogP contribution < -0.4 is 5.32 Å². The topological polar surface area (TPSA) is 32.3 Å². The Labute approximate surface area is 76.4 Å². The lowest BCUT2D eigenvalue weighted by atomic mass is 10.1. The van der Waals surface area contributed by atoms with E-state index in [1.54, 1.807) is 0 Å². The number of hydrogen-bond acceptors (Lipinski definition) is 2. The van der Waals surface area contributed by atoms with Gasteiger partial charge >= 0.3 is 0 Å². The highest BCUT2D eigenvalue weighted by molar-refractivity contribution is 4.78. The monoisotopic (exact) mass is 173 g/mol. The van der Waals surface area contributed by atoms with Crippen LogP contribution in [0.15, 0.2) is 0 Å². The van der Waals surface area contributed by atoms with Crippen molar-refractivity contribution in [3.8, 4) is 0 Å². The third-order valence-electron chi connectivity index (χ3n) is 2.46. The second-order valence-corrected chi connectivity index (χ2v) is 3.53. The van der Waals surface area contributed by atoms with Crippen molar-refractivity contribution >= 4 is 0 Å². The molecule has 0 heterocycles. The minimum atomic E-state index is 0.319. The van der Waals surface area contributed by atoms with Gasteiger partial charge in [0.1, 0.15) is 0 Å². The third kappa shape index (κ3) is 4.73. The zero-order chi connectivity index (χ0) is 9.40. The highest BCUT2D eigenvalue weighted by Crippen LogP contribution is 2.23. The van der Waals surface area contributed by atoms with Gasteiger partial charge in [-0.3, -0.25) is 0 Å². The Bertz CT molecular complexity index is 93.8. The van der Waals surface area contributed by atoms with E-state index in [1.807, 2.05) is 6.92 Å². The summed E-state index contributed by atoms with van der Waals surface area (Å²) in [6.45, 7) is 4.58. The first-order valence-corrected chi connectivity index (χ1v) is 5.04. The van der Waals surface area contributed by atoms with Crippen molar-refractivity contribution in [2.24, 2.45) is 5.92 Å². The molecule has 0 aromatic rings. The first kappa shape index (κ1) is 11.9. The molecule has 1 saturated carbocycles. The lowest BCUT2D eigenvalue weighted by Gasteiger charge is -2.12. The van der Waals surface area contributed by atoms with Crippen LogP contribution in [0.3, 0.4) is 0 Å². The highest BCUT2D eigenvalue weighted by Gasteiger charge is 2.20. The minimum absolute atomic E-state index is 0.319. The molecule has 1 aliphatic carbocycles. The smallest absolute Gasteiger partial charge is 0.0428 e. The number of hydrogen-bond donors (Lipinski definition) is 2. The zero-order valence-electron chi connectivity index (χ0n) is 8.64. The fourth-order valence-corrected chi connectivity index (χ4v) is 1.57. The number of rotatable bonds is 2. The van der Waals surface area contributed by atoms with Crippen molar-refractivity contribution in [1.82, 2.24) is 5.32 Å². The highest BCUT2D eigenvalue weighted by atomic mass is 16.2. The molecule has 1 rings (SSSR count). The summed E-state index contributed by atoms with van der Waals surface area (Å²) >= 11 is 0. The fourth-order valence-electron chi connectivity index (χ4n) is 1.57. The molecule has 2 atom stereocenters. The molecule has 1 aliphatic rings. The molecule has 0 spiro atoms. The normalized spacial score (nSPS) is 28.0. The van der Waals surface area contributed by atoms with E-state index in [0.717, 1.165) is 18.4 Å². The van der Waals surface area contributed by atoms with Crippen LogP contribution in [-0.2, 0) is 0 Å². The largest absolute Gasteiger partial charge is 0.396 e.